The number of halogens is 1. The van der Waals surface area contributed by atoms with E-state index in [4.69, 9.17) is 0 Å². The van der Waals surface area contributed by atoms with Gasteiger partial charge in [-0.1, -0.05) is 18.2 Å². The molecule has 1 aromatic carbocycles. The summed E-state index contributed by atoms with van der Waals surface area (Å²) in [6.07, 6.45) is 7.06. The lowest BCUT2D eigenvalue weighted by atomic mass is 10.1. The molecule has 2 aromatic rings. The van der Waals surface area contributed by atoms with E-state index in [1.807, 2.05) is 24.7 Å². The zero-order valence-corrected chi connectivity index (χ0v) is 10.8. The molecule has 1 aliphatic rings. The Kier molecular flexibility index (Phi) is 3.60. The van der Waals surface area contributed by atoms with Crippen molar-refractivity contribution in [3.05, 3.63) is 53.9 Å². The van der Waals surface area contributed by atoms with Gasteiger partial charge in [-0.15, -0.1) is 0 Å². The van der Waals surface area contributed by atoms with Gasteiger partial charge in [0.25, 0.3) is 0 Å². The van der Waals surface area contributed by atoms with Gasteiger partial charge >= 0.3 is 0 Å². The lowest BCUT2D eigenvalue weighted by Gasteiger charge is -2.08. The Labute approximate surface area is 112 Å². The topological polar surface area (TPSA) is 29.9 Å². The van der Waals surface area contributed by atoms with Crippen molar-refractivity contribution in [2.45, 2.75) is 31.8 Å². The van der Waals surface area contributed by atoms with Crippen LogP contribution in [-0.4, -0.2) is 16.1 Å². The molecule has 1 N–H and O–H groups in total. The highest BCUT2D eigenvalue weighted by molar-refractivity contribution is 5.17. The van der Waals surface area contributed by atoms with Gasteiger partial charge in [0, 0.05) is 18.8 Å². The maximum Gasteiger partial charge on any atom is 0.126 e. The quantitative estimate of drug-likeness (QED) is 0.808. The molecule has 3 rings (SSSR count). The zero-order valence-electron chi connectivity index (χ0n) is 10.8. The van der Waals surface area contributed by atoms with Crippen molar-refractivity contribution >= 4 is 0 Å². The fourth-order valence-electron chi connectivity index (χ4n) is 2.29. The summed E-state index contributed by atoms with van der Waals surface area (Å²) in [5, 5.41) is 3.36. The highest BCUT2D eigenvalue weighted by Gasteiger charge is 2.24. The van der Waals surface area contributed by atoms with Crippen LogP contribution in [-0.2, 0) is 13.0 Å². The molecule has 0 amide bonds. The van der Waals surface area contributed by atoms with Crippen molar-refractivity contribution in [2.24, 2.45) is 0 Å². The fourth-order valence-corrected chi connectivity index (χ4v) is 2.29. The molecule has 1 fully saturated rings. The molecule has 0 radical (unpaired) electrons. The van der Waals surface area contributed by atoms with Crippen LogP contribution in [0.1, 0.15) is 30.1 Å². The van der Waals surface area contributed by atoms with E-state index in [1.165, 1.54) is 24.6 Å². The minimum atomic E-state index is -0.118. The van der Waals surface area contributed by atoms with Gasteiger partial charge in [-0.25, -0.2) is 9.37 Å². The van der Waals surface area contributed by atoms with Crippen LogP contribution >= 0.6 is 0 Å². The van der Waals surface area contributed by atoms with Gasteiger partial charge < -0.3 is 9.88 Å². The Bertz CT molecular complexity index is 546. The van der Waals surface area contributed by atoms with Gasteiger partial charge in [0.2, 0.25) is 0 Å². The number of imidazole rings is 1. The lowest BCUT2D eigenvalue weighted by molar-refractivity contribution is 0.588. The molecule has 1 aliphatic carbocycles. The van der Waals surface area contributed by atoms with Crippen LogP contribution in [0.15, 0.2) is 36.8 Å². The maximum atomic E-state index is 13.4. The number of hydrogen-bond donors (Lipinski definition) is 1. The summed E-state index contributed by atoms with van der Waals surface area (Å²) in [5.74, 6) is -0.118. The molecule has 0 bridgehead atoms. The highest BCUT2D eigenvalue weighted by Crippen LogP contribution is 2.35. The van der Waals surface area contributed by atoms with Crippen LogP contribution in [0.2, 0.25) is 0 Å². The first-order valence-corrected chi connectivity index (χ1v) is 6.79. The molecule has 1 saturated carbocycles. The number of hydrogen-bond acceptors (Lipinski definition) is 2. The predicted octanol–water partition coefficient (Wildman–Crippen LogP) is 2.69. The molecule has 0 spiro atoms. The molecular formula is C15H18FN3. The number of aromatic nitrogens is 2. The molecule has 100 valence electrons. The smallest absolute Gasteiger partial charge is 0.126 e. The average molecular weight is 259 g/mol. The van der Waals surface area contributed by atoms with Crippen molar-refractivity contribution in [1.29, 1.82) is 0 Å². The summed E-state index contributed by atoms with van der Waals surface area (Å²) >= 11 is 0. The number of benzene rings is 1. The minimum Gasteiger partial charge on any atom is -0.330 e. The SMILES string of the molecule is Fc1ccccc1CCNCc1cncn1C1CC1. The Morgan fingerprint density at radius 2 is 2.16 bits per heavy atom. The standard InChI is InChI=1S/C15H18FN3/c16-15-4-2-1-3-12(15)7-8-17-9-14-10-18-11-19(14)13-5-6-13/h1-4,10-11,13,17H,5-9H2. The number of nitrogens with one attached hydrogen (secondary N) is 1. The lowest BCUT2D eigenvalue weighted by Crippen LogP contribution is -2.19. The number of nitrogens with zero attached hydrogens (tertiary/aromatic N) is 2. The van der Waals surface area contributed by atoms with E-state index in [0.717, 1.165) is 18.7 Å². The van der Waals surface area contributed by atoms with Crippen LogP contribution in [0.25, 0.3) is 0 Å². The van der Waals surface area contributed by atoms with Crippen LogP contribution in [0.3, 0.4) is 0 Å². The van der Waals surface area contributed by atoms with Crippen LogP contribution in [0, 0.1) is 5.82 Å². The van der Waals surface area contributed by atoms with Crippen molar-refractivity contribution < 1.29 is 4.39 Å². The molecule has 1 heterocycles. The molecule has 4 heteroatoms. The Morgan fingerprint density at radius 1 is 1.32 bits per heavy atom. The molecule has 19 heavy (non-hydrogen) atoms. The second-order valence-corrected chi connectivity index (χ2v) is 5.04. The van der Waals surface area contributed by atoms with Gasteiger partial charge in [0.05, 0.1) is 12.0 Å². The van der Waals surface area contributed by atoms with Crippen LogP contribution < -0.4 is 5.32 Å². The predicted molar refractivity (Wildman–Crippen MR) is 72.3 cm³/mol. The van der Waals surface area contributed by atoms with E-state index in [0.29, 0.717) is 12.5 Å². The van der Waals surface area contributed by atoms with Gasteiger partial charge in [0.1, 0.15) is 5.82 Å². The molecular weight excluding hydrogens is 241 g/mol. The second kappa shape index (κ2) is 5.53. The van der Waals surface area contributed by atoms with E-state index in [1.54, 1.807) is 6.07 Å². The first-order chi connectivity index (χ1) is 9.34. The van der Waals surface area contributed by atoms with Crippen molar-refractivity contribution in [2.75, 3.05) is 6.54 Å². The Morgan fingerprint density at radius 3 is 2.95 bits per heavy atom. The van der Waals surface area contributed by atoms with E-state index in [2.05, 4.69) is 14.9 Å². The third kappa shape index (κ3) is 3.01. The summed E-state index contributed by atoms with van der Waals surface area (Å²) in [6, 6.07) is 7.61. The van der Waals surface area contributed by atoms with Gasteiger partial charge in [-0.3, -0.25) is 0 Å². The van der Waals surface area contributed by atoms with E-state index < -0.39 is 0 Å². The molecule has 1 aromatic heterocycles. The molecule has 0 atom stereocenters. The molecule has 0 saturated heterocycles. The van der Waals surface area contributed by atoms with Crippen molar-refractivity contribution in [3.63, 3.8) is 0 Å². The van der Waals surface area contributed by atoms with Gasteiger partial charge in [-0.2, -0.15) is 0 Å². The van der Waals surface area contributed by atoms with Crippen molar-refractivity contribution in [1.82, 2.24) is 14.9 Å². The normalized spacial score (nSPS) is 14.8. The molecule has 0 aliphatic heterocycles. The zero-order chi connectivity index (χ0) is 13.1. The first kappa shape index (κ1) is 12.4. The Balaban J connectivity index is 1.48. The summed E-state index contributed by atoms with van der Waals surface area (Å²) in [6.45, 7) is 1.57. The van der Waals surface area contributed by atoms with Crippen LogP contribution in [0.5, 0.6) is 0 Å². The summed E-state index contributed by atoms with van der Waals surface area (Å²) in [5.41, 5.74) is 1.99. The van der Waals surface area contributed by atoms with Crippen molar-refractivity contribution in [3.8, 4) is 0 Å². The highest BCUT2D eigenvalue weighted by atomic mass is 19.1. The first-order valence-electron chi connectivity index (χ1n) is 6.79. The third-order valence-corrected chi connectivity index (χ3v) is 3.52. The average Bonchev–Trinajstić information content (AvgIpc) is 3.16. The molecule has 0 unspecified atom stereocenters. The van der Waals surface area contributed by atoms with E-state index in [-0.39, 0.29) is 5.82 Å². The third-order valence-electron chi connectivity index (χ3n) is 3.52. The summed E-state index contributed by atoms with van der Waals surface area (Å²) in [7, 11) is 0. The second-order valence-electron chi connectivity index (χ2n) is 5.04. The van der Waals surface area contributed by atoms with E-state index >= 15 is 0 Å². The van der Waals surface area contributed by atoms with Gasteiger partial charge in [-0.05, 0) is 37.4 Å². The monoisotopic (exact) mass is 259 g/mol. The van der Waals surface area contributed by atoms with Crippen LogP contribution in [0.4, 0.5) is 4.39 Å². The summed E-state index contributed by atoms with van der Waals surface area (Å²) in [4.78, 5) is 4.20. The summed E-state index contributed by atoms with van der Waals surface area (Å²) < 4.78 is 15.7. The largest absolute Gasteiger partial charge is 0.330 e. The number of rotatable bonds is 6. The van der Waals surface area contributed by atoms with E-state index in [9.17, 15) is 4.39 Å². The minimum absolute atomic E-state index is 0.118. The van der Waals surface area contributed by atoms with Gasteiger partial charge in [0.15, 0.2) is 0 Å². The maximum absolute atomic E-state index is 13.4. The molecule has 3 nitrogen and oxygen atoms in total. The fraction of sp³-hybridized carbons (Fsp3) is 0.400. The Hall–Kier alpha value is -1.68.